The summed E-state index contributed by atoms with van der Waals surface area (Å²) in [5, 5.41) is 12.8. The molecular weight excluding hydrogens is 306 g/mol. The number of rotatable bonds is 4. The number of carbonyl (C=O) groups excluding carboxylic acids is 1. The van der Waals surface area contributed by atoms with Gasteiger partial charge in [0.05, 0.1) is 6.20 Å². The number of hydrogen-bond acceptors (Lipinski definition) is 5. The summed E-state index contributed by atoms with van der Waals surface area (Å²) in [5.41, 5.74) is 2.69. The number of amides is 2. The van der Waals surface area contributed by atoms with E-state index in [9.17, 15) is 4.79 Å². The summed E-state index contributed by atoms with van der Waals surface area (Å²) in [5.74, 6) is 1.12. The molecular formula is C16H19N7O. The topological polar surface area (TPSA) is 86.6 Å². The van der Waals surface area contributed by atoms with Crippen LogP contribution in [0.2, 0.25) is 0 Å². The monoisotopic (exact) mass is 325 g/mol. The van der Waals surface area contributed by atoms with Gasteiger partial charge in [0.1, 0.15) is 0 Å². The van der Waals surface area contributed by atoms with E-state index in [0.29, 0.717) is 17.3 Å². The lowest BCUT2D eigenvalue weighted by atomic mass is 10.2. The van der Waals surface area contributed by atoms with Gasteiger partial charge >= 0.3 is 6.03 Å². The fourth-order valence-corrected chi connectivity index (χ4v) is 2.20. The van der Waals surface area contributed by atoms with Gasteiger partial charge in [-0.2, -0.15) is 0 Å². The molecule has 0 fully saturated rings. The second-order valence-electron chi connectivity index (χ2n) is 5.42. The van der Waals surface area contributed by atoms with E-state index in [2.05, 4.69) is 26.0 Å². The number of nitrogens with zero attached hydrogens (tertiary/aromatic N) is 4. The molecule has 0 aliphatic carbocycles. The Morgan fingerprint density at radius 3 is 2.75 bits per heavy atom. The molecule has 0 radical (unpaired) electrons. The van der Waals surface area contributed by atoms with Gasteiger partial charge in [-0.3, -0.25) is 5.32 Å². The van der Waals surface area contributed by atoms with Gasteiger partial charge < -0.3 is 15.5 Å². The number of urea groups is 1. The number of nitrogens with one attached hydrogen (secondary N) is 3. The molecule has 0 spiro atoms. The van der Waals surface area contributed by atoms with E-state index in [0.717, 1.165) is 11.4 Å². The summed E-state index contributed by atoms with van der Waals surface area (Å²) in [6.07, 6.45) is 1.66. The molecule has 2 amide bonds. The normalized spacial score (nSPS) is 10.5. The minimum atomic E-state index is -0.322. The van der Waals surface area contributed by atoms with Gasteiger partial charge in [-0.15, -0.1) is 5.10 Å². The van der Waals surface area contributed by atoms with Crippen LogP contribution < -0.4 is 20.9 Å². The first-order chi connectivity index (χ1) is 11.5. The number of aromatic nitrogens is 3. The summed E-state index contributed by atoms with van der Waals surface area (Å²) >= 11 is 0. The summed E-state index contributed by atoms with van der Waals surface area (Å²) < 4.78 is 1.61. The lowest BCUT2D eigenvalue weighted by molar-refractivity contribution is 0.254. The van der Waals surface area contributed by atoms with Gasteiger partial charge in [-0.25, -0.2) is 14.3 Å². The van der Waals surface area contributed by atoms with Crippen molar-refractivity contribution in [2.24, 2.45) is 0 Å². The van der Waals surface area contributed by atoms with Crippen LogP contribution in [-0.2, 0) is 0 Å². The van der Waals surface area contributed by atoms with Gasteiger partial charge in [-0.1, -0.05) is 6.07 Å². The molecule has 8 heteroatoms. The van der Waals surface area contributed by atoms with E-state index in [-0.39, 0.29) is 6.03 Å². The van der Waals surface area contributed by atoms with E-state index in [1.54, 1.807) is 17.8 Å². The highest BCUT2D eigenvalue weighted by molar-refractivity contribution is 5.88. The van der Waals surface area contributed by atoms with Crippen LogP contribution in [0.5, 0.6) is 0 Å². The third kappa shape index (κ3) is 3.37. The average Bonchev–Trinajstić information content (AvgIpc) is 2.96. The Morgan fingerprint density at radius 1 is 1.17 bits per heavy atom. The first-order valence-electron chi connectivity index (χ1n) is 7.45. The van der Waals surface area contributed by atoms with Crippen LogP contribution >= 0.6 is 0 Å². The van der Waals surface area contributed by atoms with Crippen molar-refractivity contribution in [2.75, 3.05) is 36.7 Å². The Morgan fingerprint density at radius 2 is 2.00 bits per heavy atom. The summed E-state index contributed by atoms with van der Waals surface area (Å²) in [7, 11) is 5.54. The first-order valence-corrected chi connectivity index (χ1v) is 7.45. The Bertz CT molecular complexity index is 872. The van der Waals surface area contributed by atoms with Gasteiger partial charge in [0, 0.05) is 32.5 Å². The van der Waals surface area contributed by atoms with Crippen molar-refractivity contribution in [2.45, 2.75) is 0 Å². The van der Waals surface area contributed by atoms with E-state index in [1.165, 1.54) is 0 Å². The zero-order chi connectivity index (χ0) is 17.1. The highest BCUT2D eigenvalue weighted by atomic mass is 16.2. The van der Waals surface area contributed by atoms with Crippen molar-refractivity contribution in [3.63, 3.8) is 0 Å². The molecule has 2 heterocycles. The molecule has 0 aliphatic rings. The minimum Gasteiger partial charge on any atom is -0.378 e. The molecule has 0 bridgehead atoms. The molecule has 8 nitrogen and oxygen atoms in total. The Kier molecular flexibility index (Phi) is 4.19. The second kappa shape index (κ2) is 6.45. The molecule has 3 rings (SSSR count). The van der Waals surface area contributed by atoms with Gasteiger partial charge in [0.2, 0.25) is 0 Å². The fourth-order valence-electron chi connectivity index (χ4n) is 2.20. The predicted molar refractivity (Wildman–Crippen MR) is 95.1 cm³/mol. The van der Waals surface area contributed by atoms with Crippen LogP contribution in [0.15, 0.2) is 42.6 Å². The molecule has 0 saturated heterocycles. The van der Waals surface area contributed by atoms with Crippen molar-refractivity contribution in [3.8, 4) is 0 Å². The maximum Gasteiger partial charge on any atom is 0.320 e. The van der Waals surface area contributed by atoms with Crippen molar-refractivity contribution >= 4 is 34.7 Å². The predicted octanol–water partition coefficient (Wildman–Crippen LogP) is 2.29. The number of benzene rings is 1. The Labute approximate surface area is 139 Å². The minimum absolute atomic E-state index is 0.322. The van der Waals surface area contributed by atoms with Crippen molar-refractivity contribution in [1.29, 1.82) is 0 Å². The smallest absolute Gasteiger partial charge is 0.320 e. The van der Waals surface area contributed by atoms with Crippen LogP contribution in [0.3, 0.4) is 0 Å². The first kappa shape index (κ1) is 15.6. The number of carbonyl (C=O) groups is 1. The number of hydrogen-bond donors (Lipinski definition) is 3. The maximum absolute atomic E-state index is 11.3. The van der Waals surface area contributed by atoms with E-state index in [4.69, 9.17) is 0 Å². The van der Waals surface area contributed by atoms with E-state index >= 15 is 0 Å². The molecule has 1 aromatic carbocycles. The van der Waals surface area contributed by atoms with Crippen LogP contribution in [-0.4, -0.2) is 41.8 Å². The standard InChI is InChI=1S/C16H19N7O/c1-17-16(24)20-14-10-23-15(19-14)8-7-13(21-23)18-11-5-4-6-12(9-11)22(2)3/h4-10H,1-3H3,(H,18,21)(H2,17,20,24). The van der Waals surface area contributed by atoms with Crippen LogP contribution in [0, 0.1) is 0 Å². The quantitative estimate of drug-likeness (QED) is 0.685. The summed E-state index contributed by atoms with van der Waals surface area (Å²) in [6, 6.07) is 11.4. The lowest BCUT2D eigenvalue weighted by Crippen LogP contribution is -2.24. The van der Waals surface area contributed by atoms with Crippen LogP contribution in [0.25, 0.3) is 5.65 Å². The molecule has 124 valence electrons. The zero-order valence-electron chi connectivity index (χ0n) is 13.7. The van der Waals surface area contributed by atoms with Crippen LogP contribution in [0.1, 0.15) is 0 Å². The molecule has 2 aromatic heterocycles. The Hall–Kier alpha value is -3.29. The van der Waals surface area contributed by atoms with E-state index in [1.807, 2.05) is 55.4 Å². The molecule has 0 aliphatic heterocycles. The zero-order valence-corrected chi connectivity index (χ0v) is 13.7. The fraction of sp³-hybridized carbons (Fsp3) is 0.188. The molecule has 0 atom stereocenters. The molecule has 0 unspecified atom stereocenters. The number of fused-ring (bicyclic) bond motifs is 1. The van der Waals surface area contributed by atoms with E-state index < -0.39 is 0 Å². The highest BCUT2D eigenvalue weighted by Gasteiger charge is 2.06. The van der Waals surface area contributed by atoms with Crippen molar-refractivity contribution in [1.82, 2.24) is 19.9 Å². The lowest BCUT2D eigenvalue weighted by Gasteiger charge is -2.14. The summed E-state index contributed by atoms with van der Waals surface area (Å²) in [4.78, 5) is 17.7. The van der Waals surface area contributed by atoms with Crippen molar-refractivity contribution < 1.29 is 4.79 Å². The summed E-state index contributed by atoms with van der Waals surface area (Å²) in [6.45, 7) is 0. The average molecular weight is 325 g/mol. The van der Waals surface area contributed by atoms with Gasteiger partial charge in [0.15, 0.2) is 17.3 Å². The third-order valence-corrected chi connectivity index (χ3v) is 3.42. The number of anilines is 4. The SMILES string of the molecule is CNC(=O)Nc1cn2nc(Nc3cccc(N(C)C)c3)ccc2n1. The second-order valence-corrected chi connectivity index (χ2v) is 5.42. The molecule has 24 heavy (non-hydrogen) atoms. The van der Waals surface area contributed by atoms with Gasteiger partial charge in [-0.05, 0) is 30.3 Å². The van der Waals surface area contributed by atoms with Crippen LogP contribution in [0.4, 0.5) is 27.8 Å². The molecule has 3 aromatic rings. The number of imidazole rings is 1. The van der Waals surface area contributed by atoms with Crippen molar-refractivity contribution in [3.05, 3.63) is 42.6 Å². The molecule has 3 N–H and O–H groups in total. The Balaban J connectivity index is 1.82. The molecule has 0 saturated carbocycles. The van der Waals surface area contributed by atoms with Gasteiger partial charge in [0.25, 0.3) is 0 Å². The highest BCUT2D eigenvalue weighted by Crippen LogP contribution is 2.21. The maximum atomic E-state index is 11.3. The largest absolute Gasteiger partial charge is 0.378 e. The third-order valence-electron chi connectivity index (χ3n) is 3.42.